The summed E-state index contributed by atoms with van der Waals surface area (Å²) in [6.45, 7) is 10.9. The molecule has 1 heterocycles. The molecule has 0 saturated carbocycles. The maximum Gasteiger partial charge on any atom is -0.00137 e. The van der Waals surface area contributed by atoms with Gasteiger partial charge >= 0.3 is 0 Å². The molecule has 0 radical (unpaired) electrons. The zero-order chi connectivity index (χ0) is 9.03. The Hall–Kier alpha value is -0.0400. The highest BCUT2D eigenvalue weighted by molar-refractivity contribution is 4.78. The van der Waals surface area contributed by atoms with Gasteiger partial charge in [0.1, 0.15) is 0 Å². The van der Waals surface area contributed by atoms with E-state index < -0.39 is 0 Å². The first-order valence-corrected chi connectivity index (χ1v) is 5.42. The molecule has 72 valence electrons. The predicted octanol–water partition coefficient (Wildman–Crippen LogP) is 2.91. The van der Waals surface area contributed by atoms with Crippen LogP contribution in [0, 0.1) is 5.41 Å². The molecule has 0 bridgehead atoms. The van der Waals surface area contributed by atoms with Gasteiger partial charge in [-0.05, 0) is 44.3 Å². The van der Waals surface area contributed by atoms with Crippen LogP contribution in [0.4, 0.5) is 0 Å². The summed E-state index contributed by atoms with van der Waals surface area (Å²) in [5.74, 6) is 0. The molecule has 0 aliphatic carbocycles. The van der Waals surface area contributed by atoms with Gasteiger partial charge in [0.2, 0.25) is 0 Å². The van der Waals surface area contributed by atoms with Crippen molar-refractivity contribution in [2.75, 3.05) is 19.6 Å². The minimum atomic E-state index is 0.643. The average Bonchev–Trinajstić information content (AvgIpc) is 2.28. The number of hydrogen-bond donors (Lipinski definition) is 0. The van der Waals surface area contributed by atoms with Gasteiger partial charge in [-0.3, -0.25) is 0 Å². The molecule has 0 amide bonds. The SMILES string of the molecule is CCN1CCCC(C)(CC)CC1. The van der Waals surface area contributed by atoms with E-state index in [4.69, 9.17) is 0 Å². The van der Waals surface area contributed by atoms with Gasteiger partial charge in [0.25, 0.3) is 0 Å². The van der Waals surface area contributed by atoms with E-state index in [1.807, 2.05) is 0 Å². The molecule has 0 aromatic carbocycles. The molecule has 1 atom stereocenters. The molecule has 0 spiro atoms. The predicted molar refractivity (Wildman–Crippen MR) is 54.4 cm³/mol. The topological polar surface area (TPSA) is 3.24 Å². The van der Waals surface area contributed by atoms with Gasteiger partial charge in [0.05, 0.1) is 0 Å². The highest BCUT2D eigenvalue weighted by Crippen LogP contribution is 2.33. The van der Waals surface area contributed by atoms with E-state index >= 15 is 0 Å². The zero-order valence-corrected chi connectivity index (χ0v) is 8.90. The van der Waals surface area contributed by atoms with E-state index in [9.17, 15) is 0 Å². The quantitative estimate of drug-likeness (QED) is 0.614. The van der Waals surface area contributed by atoms with Crippen LogP contribution in [0.3, 0.4) is 0 Å². The van der Waals surface area contributed by atoms with Crippen molar-refractivity contribution in [2.45, 2.75) is 46.5 Å². The molecule has 12 heavy (non-hydrogen) atoms. The van der Waals surface area contributed by atoms with Crippen molar-refractivity contribution >= 4 is 0 Å². The third-order valence-electron chi connectivity index (χ3n) is 3.59. The van der Waals surface area contributed by atoms with Gasteiger partial charge in [-0.1, -0.05) is 27.2 Å². The summed E-state index contributed by atoms with van der Waals surface area (Å²) in [6.07, 6.45) is 5.58. The Bertz CT molecular complexity index is 133. The normalized spacial score (nSPS) is 33.2. The lowest BCUT2D eigenvalue weighted by atomic mass is 9.80. The molecule has 0 aromatic rings. The second kappa shape index (κ2) is 4.27. The number of likely N-dealkylation sites (tertiary alicyclic amines) is 1. The molecular formula is C11H23N. The number of hydrogen-bond acceptors (Lipinski definition) is 1. The minimum absolute atomic E-state index is 0.643. The van der Waals surface area contributed by atoms with Gasteiger partial charge in [0.15, 0.2) is 0 Å². The molecule has 0 N–H and O–H groups in total. The van der Waals surface area contributed by atoms with Gasteiger partial charge in [0, 0.05) is 0 Å². The molecule has 1 saturated heterocycles. The number of rotatable bonds is 2. The Balaban J connectivity index is 2.44. The summed E-state index contributed by atoms with van der Waals surface area (Å²) in [6, 6.07) is 0. The molecule has 1 heteroatoms. The van der Waals surface area contributed by atoms with Crippen LogP contribution in [0.2, 0.25) is 0 Å². The highest BCUT2D eigenvalue weighted by atomic mass is 15.1. The molecule has 1 unspecified atom stereocenters. The van der Waals surface area contributed by atoms with Crippen molar-refractivity contribution in [3.8, 4) is 0 Å². The van der Waals surface area contributed by atoms with Gasteiger partial charge in [-0.2, -0.15) is 0 Å². The van der Waals surface area contributed by atoms with Crippen LogP contribution in [0.5, 0.6) is 0 Å². The molecule has 1 aliphatic rings. The molecule has 1 nitrogen and oxygen atoms in total. The maximum absolute atomic E-state index is 2.58. The van der Waals surface area contributed by atoms with Crippen LogP contribution in [-0.2, 0) is 0 Å². The third-order valence-corrected chi connectivity index (χ3v) is 3.59. The molecule has 1 rings (SSSR count). The van der Waals surface area contributed by atoms with Crippen molar-refractivity contribution in [1.29, 1.82) is 0 Å². The fraction of sp³-hybridized carbons (Fsp3) is 1.00. The first-order valence-electron chi connectivity index (χ1n) is 5.42. The third kappa shape index (κ3) is 2.48. The lowest BCUT2D eigenvalue weighted by molar-refractivity contribution is 0.248. The fourth-order valence-corrected chi connectivity index (χ4v) is 2.06. The summed E-state index contributed by atoms with van der Waals surface area (Å²) in [4.78, 5) is 2.58. The van der Waals surface area contributed by atoms with Gasteiger partial charge in [-0.15, -0.1) is 0 Å². The summed E-state index contributed by atoms with van der Waals surface area (Å²) in [7, 11) is 0. The van der Waals surface area contributed by atoms with E-state index in [0.29, 0.717) is 5.41 Å². The number of nitrogens with zero attached hydrogens (tertiary/aromatic N) is 1. The lowest BCUT2D eigenvalue weighted by Gasteiger charge is -2.26. The average molecular weight is 169 g/mol. The van der Waals surface area contributed by atoms with E-state index in [2.05, 4.69) is 25.7 Å². The lowest BCUT2D eigenvalue weighted by Crippen LogP contribution is -2.25. The summed E-state index contributed by atoms with van der Waals surface area (Å²) < 4.78 is 0. The van der Waals surface area contributed by atoms with E-state index in [1.165, 1.54) is 45.3 Å². The molecule has 0 aromatic heterocycles. The van der Waals surface area contributed by atoms with Crippen LogP contribution in [0.15, 0.2) is 0 Å². The first kappa shape index (κ1) is 10.0. The van der Waals surface area contributed by atoms with Gasteiger partial charge < -0.3 is 4.90 Å². The van der Waals surface area contributed by atoms with Gasteiger partial charge in [-0.25, -0.2) is 0 Å². The summed E-state index contributed by atoms with van der Waals surface area (Å²) >= 11 is 0. The maximum atomic E-state index is 2.58. The van der Waals surface area contributed by atoms with Crippen molar-refractivity contribution in [2.24, 2.45) is 5.41 Å². The smallest absolute Gasteiger partial charge is 0.00137 e. The molecule has 1 aliphatic heterocycles. The second-order valence-electron chi connectivity index (χ2n) is 4.45. The Morgan fingerprint density at radius 3 is 2.50 bits per heavy atom. The van der Waals surface area contributed by atoms with Crippen LogP contribution < -0.4 is 0 Å². The Kier molecular flexibility index (Phi) is 3.57. The summed E-state index contributed by atoms with van der Waals surface area (Å²) in [5.41, 5.74) is 0.643. The molecular weight excluding hydrogens is 146 g/mol. The van der Waals surface area contributed by atoms with Crippen LogP contribution in [-0.4, -0.2) is 24.5 Å². The van der Waals surface area contributed by atoms with Crippen molar-refractivity contribution in [3.63, 3.8) is 0 Å². The molecule has 1 fully saturated rings. The van der Waals surface area contributed by atoms with Crippen molar-refractivity contribution in [1.82, 2.24) is 4.90 Å². The van der Waals surface area contributed by atoms with E-state index in [0.717, 1.165) is 0 Å². The fourth-order valence-electron chi connectivity index (χ4n) is 2.06. The van der Waals surface area contributed by atoms with Crippen molar-refractivity contribution < 1.29 is 0 Å². The second-order valence-corrected chi connectivity index (χ2v) is 4.45. The largest absolute Gasteiger partial charge is 0.304 e. The van der Waals surface area contributed by atoms with Crippen LogP contribution in [0.1, 0.15) is 46.5 Å². The first-order chi connectivity index (χ1) is 5.70. The Morgan fingerprint density at radius 1 is 1.17 bits per heavy atom. The Morgan fingerprint density at radius 2 is 1.92 bits per heavy atom. The monoisotopic (exact) mass is 169 g/mol. The van der Waals surface area contributed by atoms with E-state index in [1.54, 1.807) is 0 Å². The zero-order valence-electron chi connectivity index (χ0n) is 8.90. The van der Waals surface area contributed by atoms with Crippen molar-refractivity contribution in [3.05, 3.63) is 0 Å². The Labute approximate surface area is 77.1 Å². The van der Waals surface area contributed by atoms with E-state index in [-0.39, 0.29) is 0 Å². The van der Waals surface area contributed by atoms with Crippen LogP contribution >= 0.6 is 0 Å². The standard InChI is InChI=1S/C11H23N/c1-4-11(3)7-6-9-12(5-2)10-8-11/h4-10H2,1-3H3. The highest BCUT2D eigenvalue weighted by Gasteiger charge is 2.25. The summed E-state index contributed by atoms with van der Waals surface area (Å²) in [5, 5.41) is 0. The minimum Gasteiger partial charge on any atom is -0.304 e. The van der Waals surface area contributed by atoms with Crippen LogP contribution in [0.25, 0.3) is 0 Å².